The third kappa shape index (κ3) is 3.69. The van der Waals surface area contributed by atoms with E-state index in [4.69, 9.17) is 0 Å². The van der Waals surface area contributed by atoms with E-state index in [0.29, 0.717) is 0 Å². The highest BCUT2D eigenvalue weighted by molar-refractivity contribution is 6.42. The molecule has 0 aromatic heterocycles. The minimum atomic E-state index is -0.854. The van der Waals surface area contributed by atoms with Crippen molar-refractivity contribution in [1.29, 1.82) is 0 Å². The van der Waals surface area contributed by atoms with E-state index in [2.05, 4.69) is 10.9 Å². The fourth-order valence-electron chi connectivity index (χ4n) is 1.16. The molecule has 0 radical (unpaired) electrons. The monoisotopic (exact) mass is 248 g/mol. The molecule has 0 aliphatic heterocycles. The van der Waals surface area contributed by atoms with E-state index < -0.39 is 11.7 Å². The van der Waals surface area contributed by atoms with Crippen molar-refractivity contribution < 1.29 is 14.4 Å². The number of hydrazine groups is 1. The zero-order valence-corrected chi connectivity index (χ0v) is 10.6. The van der Waals surface area contributed by atoms with E-state index in [-0.39, 0.29) is 17.4 Å². The Labute approximate surface area is 106 Å². The van der Waals surface area contributed by atoms with Gasteiger partial charge in [-0.15, -0.1) is 0 Å². The van der Waals surface area contributed by atoms with E-state index in [0.717, 1.165) is 5.56 Å². The van der Waals surface area contributed by atoms with E-state index in [1.165, 1.54) is 0 Å². The van der Waals surface area contributed by atoms with Crippen LogP contribution in [0.4, 0.5) is 0 Å². The zero-order valence-electron chi connectivity index (χ0n) is 10.6. The van der Waals surface area contributed by atoms with Crippen LogP contribution >= 0.6 is 0 Å². The summed E-state index contributed by atoms with van der Waals surface area (Å²) in [6.45, 7) is 5.25. The van der Waals surface area contributed by atoms with Gasteiger partial charge in [0.05, 0.1) is 0 Å². The third-order valence-electron chi connectivity index (χ3n) is 2.34. The maximum absolute atomic E-state index is 11.7. The Morgan fingerprint density at radius 1 is 1.00 bits per heavy atom. The van der Waals surface area contributed by atoms with Crippen LogP contribution in [-0.2, 0) is 9.59 Å². The number of carbonyl (C=O) groups is 3. The van der Waals surface area contributed by atoms with Crippen molar-refractivity contribution in [2.75, 3.05) is 0 Å². The summed E-state index contributed by atoms with van der Waals surface area (Å²) in [7, 11) is 0. The minimum Gasteiger partial charge on any atom is -0.283 e. The van der Waals surface area contributed by atoms with Crippen molar-refractivity contribution in [1.82, 2.24) is 10.9 Å². The highest BCUT2D eigenvalue weighted by Gasteiger charge is 2.17. The molecule has 1 rings (SSSR count). The second-order valence-electron chi connectivity index (χ2n) is 4.29. The Morgan fingerprint density at radius 3 is 2.06 bits per heavy atom. The summed E-state index contributed by atoms with van der Waals surface area (Å²) < 4.78 is 0. The number of benzene rings is 1. The molecule has 0 fully saturated rings. The summed E-state index contributed by atoms with van der Waals surface area (Å²) in [5, 5.41) is 0. The number of hydrogen-bond donors (Lipinski definition) is 2. The molecule has 18 heavy (non-hydrogen) atoms. The molecular weight excluding hydrogens is 232 g/mol. The Hall–Kier alpha value is -2.17. The molecule has 96 valence electrons. The lowest BCUT2D eigenvalue weighted by Crippen LogP contribution is -2.46. The highest BCUT2D eigenvalue weighted by atomic mass is 16.2. The maximum atomic E-state index is 11.7. The molecule has 0 aliphatic carbocycles. The summed E-state index contributed by atoms with van der Waals surface area (Å²) in [6, 6.07) is 6.63. The Kier molecular flexibility index (Phi) is 4.59. The minimum absolute atomic E-state index is 0.264. The topological polar surface area (TPSA) is 75.3 Å². The fourth-order valence-corrected chi connectivity index (χ4v) is 1.16. The van der Waals surface area contributed by atoms with Crippen LogP contribution in [0.2, 0.25) is 0 Å². The van der Waals surface area contributed by atoms with E-state index in [1.807, 2.05) is 6.92 Å². The molecular formula is C13H16N2O3. The van der Waals surface area contributed by atoms with Crippen molar-refractivity contribution in [2.45, 2.75) is 20.8 Å². The van der Waals surface area contributed by atoms with Gasteiger partial charge in [0.1, 0.15) is 0 Å². The SMILES string of the molecule is Cc1ccc(C(=O)C(=O)NNC(=O)C(C)C)cc1. The van der Waals surface area contributed by atoms with Crippen molar-refractivity contribution in [2.24, 2.45) is 5.92 Å². The average Bonchev–Trinajstić information content (AvgIpc) is 2.35. The van der Waals surface area contributed by atoms with Crippen LogP contribution in [0.1, 0.15) is 29.8 Å². The standard InChI is InChI=1S/C13H16N2O3/c1-8(2)12(17)14-15-13(18)11(16)10-6-4-9(3)5-7-10/h4-8H,1-3H3,(H,14,17)(H,15,18). The Morgan fingerprint density at radius 2 is 1.56 bits per heavy atom. The fraction of sp³-hybridized carbons (Fsp3) is 0.308. The third-order valence-corrected chi connectivity index (χ3v) is 2.34. The van der Waals surface area contributed by atoms with E-state index >= 15 is 0 Å². The predicted molar refractivity (Wildman–Crippen MR) is 66.6 cm³/mol. The molecule has 0 saturated carbocycles. The number of hydrogen-bond acceptors (Lipinski definition) is 3. The number of aryl methyl sites for hydroxylation is 1. The van der Waals surface area contributed by atoms with Crippen molar-refractivity contribution in [3.63, 3.8) is 0 Å². The van der Waals surface area contributed by atoms with E-state index in [9.17, 15) is 14.4 Å². The first-order chi connectivity index (χ1) is 8.41. The maximum Gasteiger partial charge on any atom is 0.310 e. The van der Waals surface area contributed by atoms with Gasteiger partial charge in [-0.1, -0.05) is 43.7 Å². The quantitative estimate of drug-likeness (QED) is 0.475. The van der Waals surface area contributed by atoms with Gasteiger partial charge in [0.25, 0.3) is 5.78 Å². The van der Waals surface area contributed by atoms with Crippen LogP contribution in [0.3, 0.4) is 0 Å². The van der Waals surface area contributed by atoms with Gasteiger partial charge in [-0.3, -0.25) is 25.2 Å². The van der Waals surface area contributed by atoms with Crippen molar-refractivity contribution >= 4 is 17.6 Å². The largest absolute Gasteiger partial charge is 0.310 e. The summed E-state index contributed by atoms with van der Waals surface area (Å²) in [5.74, 6) is -2.15. The van der Waals surface area contributed by atoms with Gasteiger partial charge in [0.15, 0.2) is 0 Å². The summed E-state index contributed by atoms with van der Waals surface area (Å²) in [4.78, 5) is 34.4. The molecule has 0 aliphatic rings. The number of carbonyl (C=O) groups excluding carboxylic acids is 3. The molecule has 5 heteroatoms. The first-order valence-electron chi connectivity index (χ1n) is 5.63. The molecule has 0 spiro atoms. The van der Waals surface area contributed by atoms with Gasteiger partial charge >= 0.3 is 5.91 Å². The number of Topliss-reactive ketones (excluding diaryl/α,β-unsaturated/α-hetero) is 1. The van der Waals surface area contributed by atoms with Crippen molar-refractivity contribution in [3.8, 4) is 0 Å². The van der Waals surface area contributed by atoms with Crippen LogP contribution in [0.15, 0.2) is 24.3 Å². The van der Waals surface area contributed by atoms with Crippen LogP contribution in [0.25, 0.3) is 0 Å². The molecule has 1 aromatic rings. The van der Waals surface area contributed by atoms with E-state index in [1.54, 1.807) is 38.1 Å². The van der Waals surface area contributed by atoms with Gasteiger partial charge in [0, 0.05) is 11.5 Å². The van der Waals surface area contributed by atoms with Crippen LogP contribution in [-0.4, -0.2) is 17.6 Å². The van der Waals surface area contributed by atoms with Crippen LogP contribution in [0.5, 0.6) is 0 Å². The molecule has 1 aromatic carbocycles. The number of amides is 2. The second-order valence-corrected chi connectivity index (χ2v) is 4.29. The lowest BCUT2D eigenvalue weighted by Gasteiger charge is -2.08. The predicted octanol–water partition coefficient (Wildman–Crippen LogP) is 0.981. The van der Waals surface area contributed by atoms with Gasteiger partial charge in [-0.05, 0) is 6.92 Å². The highest BCUT2D eigenvalue weighted by Crippen LogP contribution is 2.03. The first-order valence-corrected chi connectivity index (χ1v) is 5.63. The molecule has 0 heterocycles. The van der Waals surface area contributed by atoms with Gasteiger partial charge < -0.3 is 0 Å². The molecule has 0 saturated heterocycles. The number of nitrogens with one attached hydrogen (secondary N) is 2. The average molecular weight is 248 g/mol. The summed E-state index contributed by atoms with van der Waals surface area (Å²) >= 11 is 0. The molecule has 5 nitrogen and oxygen atoms in total. The summed E-state index contributed by atoms with van der Waals surface area (Å²) in [5.41, 5.74) is 5.56. The number of ketones is 1. The molecule has 2 amide bonds. The summed E-state index contributed by atoms with van der Waals surface area (Å²) in [6.07, 6.45) is 0. The number of rotatable bonds is 3. The van der Waals surface area contributed by atoms with Gasteiger partial charge in [-0.2, -0.15) is 0 Å². The van der Waals surface area contributed by atoms with Gasteiger partial charge in [0.2, 0.25) is 5.91 Å². The van der Waals surface area contributed by atoms with Crippen molar-refractivity contribution in [3.05, 3.63) is 35.4 Å². The van der Waals surface area contributed by atoms with Gasteiger partial charge in [-0.25, -0.2) is 0 Å². The molecule has 0 unspecified atom stereocenters. The lowest BCUT2D eigenvalue weighted by molar-refractivity contribution is -0.128. The smallest absolute Gasteiger partial charge is 0.283 e. The Bertz CT molecular complexity index is 464. The Balaban J connectivity index is 2.59. The van der Waals surface area contributed by atoms with Crippen LogP contribution in [0, 0.1) is 12.8 Å². The normalized spacial score (nSPS) is 10.0. The first kappa shape index (κ1) is 13.9. The lowest BCUT2D eigenvalue weighted by atomic mass is 10.1. The zero-order chi connectivity index (χ0) is 13.7. The second kappa shape index (κ2) is 5.95. The van der Waals surface area contributed by atoms with Crippen LogP contribution < -0.4 is 10.9 Å². The molecule has 0 bridgehead atoms. The molecule has 2 N–H and O–H groups in total. The molecule has 0 atom stereocenters.